The Bertz CT molecular complexity index is 1650. The first-order valence-electron chi connectivity index (χ1n) is 13.3. The second-order valence-electron chi connectivity index (χ2n) is 12.1. The number of benzene rings is 3. The molecule has 0 bridgehead atoms. The Balaban J connectivity index is 2.02. The van der Waals surface area contributed by atoms with Gasteiger partial charge in [-0.3, -0.25) is 4.68 Å². The Kier molecular flexibility index (Phi) is 5.22. The van der Waals surface area contributed by atoms with E-state index in [1.165, 1.54) is 99.9 Å². The fourth-order valence-corrected chi connectivity index (χ4v) is 7.69. The molecular formula is C34H42N2. The summed E-state index contributed by atoms with van der Waals surface area (Å²) in [6.07, 6.45) is 0. The van der Waals surface area contributed by atoms with Crippen LogP contribution in [0.2, 0.25) is 0 Å². The molecule has 0 radical (unpaired) electrons. The van der Waals surface area contributed by atoms with Gasteiger partial charge in [0.15, 0.2) is 0 Å². The maximum absolute atomic E-state index is 4.89. The normalized spacial score (nSPS) is 14.1. The molecule has 4 aromatic rings. The quantitative estimate of drug-likeness (QED) is 0.267. The molecule has 1 heterocycles. The molecule has 36 heavy (non-hydrogen) atoms. The number of fused-ring (bicyclic) bond motifs is 4. The summed E-state index contributed by atoms with van der Waals surface area (Å²) in [5.41, 5.74) is 25.3. The molecule has 1 aliphatic rings. The molecule has 0 unspecified atom stereocenters. The lowest BCUT2D eigenvalue weighted by Gasteiger charge is -2.29. The maximum atomic E-state index is 4.89. The molecule has 188 valence electrons. The molecule has 0 fully saturated rings. The average Bonchev–Trinajstić information content (AvgIpc) is 3.24. The van der Waals surface area contributed by atoms with Crippen LogP contribution < -0.4 is 0 Å². The van der Waals surface area contributed by atoms with Gasteiger partial charge in [0.25, 0.3) is 0 Å². The van der Waals surface area contributed by atoms with Crippen molar-refractivity contribution in [1.29, 1.82) is 0 Å². The lowest BCUT2D eigenvalue weighted by molar-refractivity contribution is 0.649. The van der Waals surface area contributed by atoms with Crippen LogP contribution in [-0.4, -0.2) is 9.78 Å². The lowest BCUT2D eigenvalue weighted by atomic mass is 9.74. The summed E-state index contributed by atoms with van der Waals surface area (Å²) in [7, 11) is 2.09. The van der Waals surface area contributed by atoms with Gasteiger partial charge in [-0.15, -0.1) is 0 Å². The minimum Gasteiger partial charge on any atom is -0.267 e. The standard InChI is InChI=1S/C34H42N2/c1-15-16(2)22(8)31-28(19(15)5)29-21(7)20(6)26(24(10)32(29)34(31,12)13)27-18(4)17(3)23(9)33-30(27)25(11)35-36(33)14/h1-14H3. The summed E-state index contributed by atoms with van der Waals surface area (Å²) < 4.78 is 2.08. The van der Waals surface area contributed by atoms with Gasteiger partial charge < -0.3 is 0 Å². The van der Waals surface area contributed by atoms with Crippen LogP contribution in [0.15, 0.2) is 0 Å². The van der Waals surface area contributed by atoms with Crippen LogP contribution in [0.5, 0.6) is 0 Å². The van der Waals surface area contributed by atoms with E-state index in [9.17, 15) is 0 Å². The molecule has 1 aliphatic carbocycles. The molecule has 0 aliphatic heterocycles. The maximum Gasteiger partial charge on any atom is 0.0720 e. The van der Waals surface area contributed by atoms with Crippen molar-refractivity contribution in [3.8, 4) is 22.3 Å². The van der Waals surface area contributed by atoms with Crippen molar-refractivity contribution in [2.24, 2.45) is 7.05 Å². The van der Waals surface area contributed by atoms with E-state index >= 15 is 0 Å². The highest BCUT2D eigenvalue weighted by Crippen LogP contribution is 2.57. The van der Waals surface area contributed by atoms with E-state index in [1.54, 1.807) is 0 Å². The number of hydrogen-bond donors (Lipinski definition) is 0. The van der Waals surface area contributed by atoms with Gasteiger partial charge in [-0.25, -0.2) is 0 Å². The molecule has 2 heteroatoms. The predicted molar refractivity (Wildman–Crippen MR) is 156 cm³/mol. The van der Waals surface area contributed by atoms with Crippen molar-refractivity contribution in [3.05, 3.63) is 72.5 Å². The van der Waals surface area contributed by atoms with E-state index in [2.05, 4.69) is 102 Å². The summed E-state index contributed by atoms with van der Waals surface area (Å²) in [4.78, 5) is 0. The SMILES string of the molecule is Cc1c(C)c(C)c2c(c1C)-c1c(C)c(C)c(-c3c(C)c(C)c(C)c4c3c(C)nn4C)c(C)c1C2(C)C. The first-order chi connectivity index (χ1) is 16.7. The van der Waals surface area contributed by atoms with Gasteiger partial charge in [-0.1, -0.05) is 13.8 Å². The number of aromatic nitrogens is 2. The Morgan fingerprint density at radius 2 is 0.889 bits per heavy atom. The van der Waals surface area contributed by atoms with Crippen LogP contribution in [0.3, 0.4) is 0 Å². The minimum atomic E-state index is -0.0496. The third kappa shape index (κ3) is 2.76. The first kappa shape index (κ1) is 24.8. The van der Waals surface area contributed by atoms with Crippen LogP contribution in [0.25, 0.3) is 33.2 Å². The molecule has 1 aromatic heterocycles. The third-order valence-electron chi connectivity index (χ3n) is 10.1. The van der Waals surface area contributed by atoms with Crippen molar-refractivity contribution in [3.63, 3.8) is 0 Å². The van der Waals surface area contributed by atoms with Gasteiger partial charge in [0.05, 0.1) is 11.2 Å². The lowest BCUT2D eigenvalue weighted by Crippen LogP contribution is -2.19. The molecule has 5 rings (SSSR count). The van der Waals surface area contributed by atoms with Gasteiger partial charge >= 0.3 is 0 Å². The average molecular weight is 479 g/mol. The summed E-state index contributed by atoms with van der Waals surface area (Å²) in [6.45, 7) is 30.3. The van der Waals surface area contributed by atoms with Crippen LogP contribution in [0, 0.1) is 76.2 Å². The second-order valence-corrected chi connectivity index (χ2v) is 12.1. The smallest absolute Gasteiger partial charge is 0.0720 e. The van der Waals surface area contributed by atoms with Crippen molar-refractivity contribution in [2.45, 2.75) is 95.4 Å². The fourth-order valence-electron chi connectivity index (χ4n) is 7.69. The number of hydrogen-bond acceptors (Lipinski definition) is 1. The monoisotopic (exact) mass is 478 g/mol. The first-order valence-corrected chi connectivity index (χ1v) is 13.3. The zero-order chi connectivity index (χ0) is 26.8. The van der Waals surface area contributed by atoms with E-state index in [1.807, 2.05) is 0 Å². The molecular weight excluding hydrogens is 436 g/mol. The Morgan fingerprint density at radius 1 is 0.472 bits per heavy atom. The van der Waals surface area contributed by atoms with Gasteiger partial charge in [-0.2, -0.15) is 5.10 Å². The highest BCUT2D eigenvalue weighted by atomic mass is 15.3. The van der Waals surface area contributed by atoms with Crippen molar-refractivity contribution < 1.29 is 0 Å². The van der Waals surface area contributed by atoms with E-state index in [0.29, 0.717) is 0 Å². The summed E-state index contributed by atoms with van der Waals surface area (Å²) in [6, 6.07) is 0. The highest BCUT2D eigenvalue weighted by molar-refractivity contribution is 6.04. The molecule has 0 spiro atoms. The van der Waals surface area contributed by atoms with Crippen molar-refractivity contribution in [1.82, 2.24) is 9.78 Å². The molecule has 0 saturated heterocycles. The molecule has 0 atom stereocenters. The van der Waals surface area contributed by atoms with E-state index in [0.717, 1.165) is 5.69 Å². The molecule has 0 N–H and O–H groups in total. The van der Waals surface area contributed by atoms with Gasteiger partial charge in [0, 0.05) is 17.8 Å². The zero-order valence-corrected chi connectivity index (χ0v) is 24.9. The summed E-state index contributed by atoms with van der Waals surface area (Å²) in [5.74, 6) is 0. The molecule has 3 aromatic carbocycles. The topological polar surface area (TPSA) is 17.8 Å². The highest BCUT2D eigenvalue weighted by Gasteiger charge is 2.42. The van der Waals surface area contributed by atoms with Crippen LogP contribution in [-0.2, 0) is 12.5 Å². The van der Waals surface area contributed by atoms with E-state index in [-0.39, 0.29) is 5.41 Å². The van der Waals surface area contributed by atoms with E-state index in [4.69, 9.17) is 5.10 Å². The number of nitrogens with zero attached hydrogens (tertiary/aromatic N) is 2. The second kappa shape index (κ2) is 7.57. The van der Waals surface area contributed by atoms with Crippen molar-refractivity contribution in [2.75, 3.05) is 0 Å². The fraction of sp³-hybridized carbons (Fsp3) is 0.441. The van der Waals surface area contributed by atoms with Crippen LogP contribution in [0.1, 0.15) is 86.3 Å². The van der Waals surface area contributed by atoms with Crippen LogP contribution >= 0.6 is 0 Å². The Labute approximate surface area is 217 Å². The van der Waals surface area contributed by atoms with Crippen LogP contribution in [0.4, 0.5) is 0 Å². The molecule has 2 nitrogen and oxygen atoms in total. The summed E-state index contributed by atoms with van der Waals surface area (Å²) >= 11 is 0. The summed E-state index contributed by atoms with van der Waals surface area (Å²) in [5, 5.41) is 6.21. The van der Waals surface area contributed by atoms with Gasteiger partial charge in [0.2, 0.25) is 0 Å². The van der Waals surface area contributed by atoms with E-state index < -0.39 is 0 Å². The number of aryl methyl sites for hydroxylation is 3. The van der Waals surface area contributed by atoms with Crippen molar-refractivity contribution >= 4 is 10.9 Å². The van der Waals surface area contributed by atoms with Gasteiger partial charge in [0.1, 0.15) is 0 Å². The Morgan fingerprint density at radius 3 is 1.47 bits per heavy atom. The van der Waals surface area contributed by atoms with Gasteiger partial charge in [-0.05, 0) is 165 Å². The largest absolute Gasteiger partial charge is 0.267 e. The Hall–Kier alpha value is -2.87. The number of rotatable bonds is 1. The zero-order valence-electron chi connectivity index (χ0n) is 24.9. The predicted octanol–water partition coefficient (Wildman–Crippen LogP) is 8.94. The minimum absolute atomic E-state index is 0.0496. The third-order valence-corrected chi connectivity index (χ3v) is 10.1. The molecule has 0 saturated carbocycles. The molecule has 0 amide bonds.